The van der Waals surface area contributed by atoms with Crippen LogP contribution in [0.3, 0.4) is 0 Å². The smallest absolute Gasteiger partial charge is 0.430 e. The summed E-state index contributed by atoms with van der Waals surface area (Å²) in [5.74, 6) is -1.64. The summed E-state index contributed by atoms with van der Waals surface area (Å²) in [5, 5.41) is 13.6. The number of hydrogen-bond donors (Lipinski definition) is 1. The highest BCUT2D eigenvalue weighted by atomic mass is 35.5. The maximum Gasteiger partial charge on any atom is 0.430 e. The van der Waals surface area contributed by atoms with Gasteiger partial charge in [0.15, 0.2) is 0 Å². The minimum atomic E-state index is -4.92. The number of esters is 1. The van der Waals surface area contributed by atoms with Gasteiger partial charge in [0.05, 0.1) is 10.6 Å². The number of carbonyl (C=O) groups is 1. The van der Waals surface area contributed by atoms with E-state index in [-0.39, 0.29) is 21.4 Å². The summed E-state index contributed by atoms with van der Waals surface area (Å²) in [6.45, 7) is 1.15. The third kappa shape index (κ3) is 4.45. The van der Waals surface area contributed by atoms with Crippen molar-refractivity contribution in [2.45, 2.75) is 25.5 Å². The summed E-state index contributed by atoms with van der Waals surface area (Å²) in [6.07, 6.45) is -8.04. The van der Waals surface area contributed by atoms with Crippen molar-refractivity contribution in [1.82, 2.24) is 0 Å². The molecule has 1 aliphatic heterocycles. The van der Waals surface area contributed by atoms with Crippen molar-refractivity contribution in [3.63, 3.8) is 0 Å². The molecule has 2 rings (SSSR count). The first-order valence-electron chi connectivity index (χ1n) is 6.51. The van der Waals surface area contributed by atoms with E-state index in [9.17, 15) is 23.2 Å². The standard InChI is InChI=1S/C13H9Cl2F3N2O5/c1-5(25-20-19-22)23-12(21)8-3-6-2-7(14)4-9(15)10(6)24-11(8)13(16,17)18/h2-5,11,19H,1H3/t5?,11-/m0/s1. The van der Waals surface area contributed by atoms with Gasteiger partial charge in [-0.15, -0.1) is 0 Å². The first-order valence-corrected chi connectivity index (χ1v) is 7.27. The van der Waals surface area contributed by atoms with E-state index in [1.807, 2.05) is 0 Å². The fourth-order valence-corrected chi connectivity index (χ4v) is 2.54. The lowest BCUT2D eigenvalue weighted by Crippen LogP contribution is -2.56. The number of rotatable bonds is 4. The Balaban J connectivity index is 2.39. The van der Waals surface area contributed by atoms with Gasteiger partial charge < -0.3 is 19.5 Å². The van der Waals surface area contributed by atoms with E-state index in [2.05, 4.69) is 14.9 Å². The maximum absolute atomic E-state index is 13.3. The highest BCUT2D eigenvalue weighted by Crippen LogP contribution is 2.42. The highest BCUT2D eigenvalue weighted by Gasteiger charge is 2.49. The first kappa shape index (κ1) is 19.1. The molecule has 1 aromatic rings. The molecule has 0 saturated heterocycles. The molecule has 0 saturated carbocycles. The van der Waals surface area contributed by atoms with Crippen molar-refractivity contribution >= 4 is 35.2 Å². The molecule has 25 heavy (non-hydrogen) atoms. The molecular weight excluding hydrogens is 392 g/mol. The number of hydrogen-bond acceptors (Lipinski definition) is 6. The van der Waals surface area contributed by atoms with Crippen LogP contribution in [0.2, 0.25) is 10.0 Å². The molecule has 0 radical (unpaired) electrons. The second kappa shape index (κ2) is 7.36. The van der Waals surface area contributed by atoms with Gasteiger partial charge in [-0.25, -0.2) is 4.79 Å². The molecule has 1 aliphatic rings. The van der Waals surface area contributed by atoms with E-state index in [0.717, 1.165) is 18.3 Å². The largest absolute Gasteiger partial charge is 0.599 e. The molecule has 0 aromatic heterocycles. The molecule has 1 N–H and O–H groups in total. The Labute approximate surface area is 148 Å². The van der Waals surface area contributed by atoms with E-state index in [0.29, 0.717) is 0 Å². The van der Waals surface area contributed by atoms with Gasteiger partial charge in [-0.2, -0.15) is 13.2 Å². The second-order valence-corrected chi connectivity index (χ2v) is 5.55. The average molecular weight is 401 g/mol. The van der Waals surface area contributed by atoms with Gasteiger partial charge in [-0.05, 0) is 18.2 Å². The topological polar surface area (TPSA) is 94.2 Å². The molecule has 0 bridgehead atoms. The minimum absolute atomic E-state index is 0.0735. The number of halogens is 5. The summed E-state index contributed by atoms with van der Waals surface area (Å²) in [7, 11) is 0. The first-order chi connectivity index (χ1) is 11.6. The summed E-state index contributed by atoms with van der Waals surface area (Å²) in [5.41, 5.74) is -0.770. The van der Waals surface area contributed by atoms with Crippen molar-refractivity contribution in [3.8, 4) is 5.75 Å². The molecule has 12 heteroatoms. The zero-order valence-electron chi connectivity index (χ0n) is 12.3. The monoisotopic (exact) mass is 400 g/mol. The van der Waals surface area contributed by atoms with Crippen LogP contribution >= 0.6 is 23.2 Å². The van der Waals surface area contributed by atoms with E-state index in [1.54, 1.807) is 0 Å². The number of alkyl halides is 3. The third-order valence-electron chi connectivity index (χ3n) is 2.91. The Morgan fingerprint density at radius 1 is 1.44 bits per heavy atom. The molecule has 1 heterocycles. The molecule has 2 atom stereocenters. The van der Waals surface area contributed by atoms with Gasteiger partial charge in [0.2, 0.25) is 11.4 Å². The lowest BCUT2D eigenvalue weighted by Gasteiger charge is -2.28. The predicted octanol–water partition coefficient (Wildman–Crippen LogP) is 2.55. The molecule has 1 aromatic carbocycles. The summed E-state index contributed by atoms with van der Waals surface area (Å²) >= 11 is 11.6. The maximum atomic E-state index is 13.3. The molecule has 136 valence electrons. The number of nitrogens with zero attached hydrogens (tertiary/aromatic N) is 1. The molecule has 7 nitrogen and oxygen atoms in total. The normalized spacial score (nSPS) is 18.2. The number of fused-ring (bicyclic) bond motifs is 1. The Kier molecular flexibility index (Phi) is 5.63. The summed E-state index contributed by atoms with van der Waals surface area (Å²) < 4.78 is 49.3. The molecular formula is C13H9Cl2F3N2O5. The number of ether oxygens (including phenoxy) is 2. The average Bonchev–Trinajstić information content (AvgIpc) is 2.50. The van der Waals surface area contributed by atoms with Gasteiger partial charge in [-0.1, -0.05) is 28.5 Å². The van der Waals surface area contributed by atoms with E-state index in [4.69, 9.17) is 27.9 Å². The van der Waals surface area contributed by atoms with Crippen LogP contribution in [0, 0.1) is 5.21 Å². The van der Waals surface area contributed by atoms with Crippen molar-refractivity contribution in [1.29, 1.82) is 0 Å². The minimum Gasteiger partial charge on any atom is -0.599 e. The van der Waals surface area contributed by atoms with E-state index >= 15 is 0 Å². The van der Waals surface area contributed by atoms with E-state index < -0.39 is 30.1 Å². The summed E-state index contributed by atoms with van der Waals surface area (Å²) in [4.78, 5) is 16.4. The molecule has 1 unspecified atom stereocenters. The van der Waals surface area contributed by atoms with Crippen molar-refractivity contribution in [3.05, 3.63) is 38.5 Å². The Bertz CT molecular complexity index is 739. The highest BCUT2D eigenvalue weighted by molar-refractivity contribution is 6.36. The number of nitrogens with one attached hydrogen (secondary N) is 1. The molecule has 0 spiro atoms. The Morgan fingerprint density at radius 3 is 2.72 bits per heavy atom. The van der Waals surface area contributed by atoms with Crippen molar-refractivity contribution < 1.29 is 37.6 Å². The van der Waals surface area contributed by atoms with Crippen LogP contribution in [0.15, 0.2) is 23.0 Å². The molecule has 0 amide bonds. The Morgan fingerprint density at radius 2 is 2.12 bits per heavy atom. The van der Waals surface area contributed by atoms with Crippen LogP contribution in [0.25, 0.3) is 6.08 Å². The fourth-order valence-electron chi connectivity index (χ4n) is 1.98. The number of carbonyl (C=O) groups excluding carboxylic acids is 1. The zero-order chi connectivity index (χ0) is 18.8. The van der Waals surface area contributed by atoms with Crippen LogP contribution in [0.5, 0.6) is 5.75 Å². The van der Waals surface area contributed by atoms with Gasteiger partial charge in [0.1, 0.15) is 5.75 Å². The van der Waals surface area contributed by atoms with Gasteiger partial charge >= 0.3 is 12.1 Å². The second-order valence-electron chi connectivity index (χ2n) is 4.71. The fraction of sp³-hybridized carbons (Fsp3) is 0.308. The SMILES string of the molecule is CC(O/N=[NH+]\[O-])OC(=O)C1=Cc2cc(Cl)cc(Cl)c2O[C@@H]1C(F)(F)F. The van der Waals surface area contributed by atoms with Crippen LogP contribution in [0.1, 0.15) is 12.5 Å². The van der Waals surface area contributed by atoms with Crippen LogP contribution in [-0.4, -0.2) is 24.5 Å². The third-order valence-corrected chi connectivity index (χ3v) is 3.41. The van der Waals surface area contributed by atoms with Crippen LogP contribution in [-0.2, 0) is 14.4 Å². The zero-order valence-corrected chi connectivity index (χ0v) is 13.8. The quantitative estimate of drug-likeness (QED) is 0.362. The molecule has 0 fully saturated rings. The predicted molar refractivity (Wildman–Crippen MR) is 78.3 cm³/mol. The number of benzene rings is 1. The summed E-state index contributed by atoms with van der Waals surface area (Å²) in [6, 6.07) is 2.49. The lowest BCUT2D eigenvalue weighted by molar-refractivity contribution is -0.503. The van der Waals surface area contributed by atoms with Crippen molar-refractivity contribution in [2.75, 3.05) is 0 Å². The van der Waals surface area contributed by atoms with E-state index in [1.165, 1.54) is 12.1 Å². The van der Waals surface area contributed by atoms with Crippen LogP contribution < -0.4 is 10.0 Å². The molecule has 0 aliphatic carbocycles. The lowest BCUT2D eigenvalue weighted by atomic mass is 10.0. The van der Waals surface area contributed by atoms with Gasteiger partial charge in [0.25, 0.3) is 6.29 Å². The van der Waals surface area contributed by atoms with Gasteiger partial charge in [-0.3, -0.25) is 0 Å². The van der Waals surface area contributed by atoms with Crippen molar-refractivity contribution in [2.24, 2.45) is 5.28 Å². The van der Waals surface area contributed by atoms with Gasteiger partial charge in [0, 0.05) is 17.5 Å². The van der Waals surface area contributed by atoms with Crippen LogP contribution in [0.4, 0.5) is 13.2 Å². The Hall–Kier alpha value is -2.20.